The zero-order valence-electron chi connectivity index (χ0n) is 41.4. The molecule has 3 N–H and O–H groups in total. The number of piperidine rings is 1. The molecule has 7 aromatic rings. The van der Waals surface area contributed by atoms with Gasteiger partial charge in [-0.1, -0.05) is 66.6 Å². The van der Waals surface area contributed by atoms with Crippen molar-refractivity contribution in [2.75, 3.05) is 54.4 Å². The Balaban J connectivity index is 0.650. The number of carboxylic acids is 1. The first-order valence-corrected chi connectivity index (χ1v) is 26.7. The number of ether oxygens (including phenoxy) is 1. The molecule has 2 saturated heterocycles. The number of piperazine rings is 1. The quantitative estimate of drug-likeness (QED) is 0.0697. The number of nitrogens with zero attached hydrogens (tertiary/aromatic N) is 7. The smallest absolute Gasteiger partial charge is 0.355 e. The van der Waals surface area contributed by atoms with Crippen molar-refractivity contribution in [1.29, 1.82) is 0 Å². The molecule has 1 saturated carbocycles. The summed E-state index contributed by atoms with van der Waals surface area (Å²) in [6, 6.07) is 29.3. The number of carboxylic acid groups (broad SMARTS) is 1. The highest BCUT2D eigenvalue weighted by Crippen LogP contribution is 2.38. The van der Waals surface area contributed by atoms with E-state index < -0.39 is 5.97 Å². The van der Waals surface area contributed by atoms with E-state index >= 15 is 0 Å². The van der Waals surface area contributed by atoms with Crippen molar-refractivity contribution in [2.45, 2.75) is 89.7 Å². The Morgan fingerprint density at radius 1 is 0.808 bits per heavy atom. The van der Waals surface area contributed by atoms with Crippen LogP contribution in [-0.2, 0) is 29.6 Å². The van der Waals surface area contributed by atoms with Crippen molar-refractivity contribution in [3.8, 4) is 16.9 Å². The van der Waals surface area contributed by atoms with E-state index in [9.17, 15) is 24.3 Å². The highest BCUT2D eigenvalue weighted by atomic mass is 32.1. The number of hydrogen-bond acceptors (Lipinski definition) is 12. The number of benzene rings is 4. The number of fused-ring (bicyclic) bond motifs is 3. The van der Waals surface area contributed by atoms with Gasteiger partial charge in [0.25, 0.3) is 5.91 Å². The Bertz CT molecular complexity index is 3210. The van der Waals surface area contributed by atoms with Crippen LogP contribution in [0.25, 0.3) is 32.4 Å². The number of rotatable bonds is 14. The fourth-order valence-corrected chi connectivity index (χ4v) is 12.4. The first-order valence-electron chi connectivity index (χ1n) is 25.8. The standard InChI is InChI=1S/C57H61N9O6S/c1-35-40(42-21-24-50(60-52(42)55(70)71)66-28-26-37-10-7-12-43(44(37)34-66)54(69)62-56-58-45-13-3-4-15-49(45)73-56)11-8-14-48(35)72-39-19-16-36(17-20-39)9-5-6-27-64-29-31-65(32-30-64)57-59-46-33-38(18-23-47(46)63(57)2)41-22-25-51(67)61-53(41)68/h3-4,7-8,10-15,18,21,23-24,33,36,39,41H,5-6,9,16-17,19-20,22,25-32,34H2,1-2H3,(H,70,71)(H,58,62,69)(H,61,67,68). The van der Waals surface area contributed by atoms with Gasteiger partial charge in [0.1, 0.15) is 11.6 Å². The minimum absolute atomic E-state index is 0.0176. The molecule has 0 bridgehead atoms. The van der Waals surface area contributed by atoms with E-state index in [0.29, 0.717) is 60.3 Å². The van der Waals surface area contributed by atoms with Gasteiger partial charge in [-0.25, -0.2) is 19.7 Å². The molecule has 1 atom stereocenters. The first-order chi connectivity index (χ1) is 35.5. The SMILES string of the molecule is Cc1c(OC2CCC(CCCCN3CCN(c4nc5cc(C6CCC(=O)NC6=O)ccc5n4C)CC3)CC2)cccc1-c1ccc(N2CCc3cccc(C(=O)Nc4nc5ccccc5s4)c3C2)nc1C(=O)O. The number of imide groups is 1. The maximum absolute atomic E-state index is 13.7. The van der Waals surface area contributed by atoms with Gasteiger partial charge < -0.3 is 24.2 Å². The Morgan fingerprint density at radius 3 is 2.44 bits per heavy atom. The van der Waals surface area contributed by atoms with E-state index in [1.165, 1.54) is 30.6 Å². The molecule has 4 aliphatic rings. The van der Waals surface area contributed by atoms with Crippen molar-refractivity contribution in [3.05, 3.63) is 125 Å². The number of carbonyl (C=O) groups is 4. The predicted molar refractivity (Wildman–Crippen MR) is 285 cm³/mol. The molecular formula is C57H61N9O6S. The van der Waals surface area contributed by atoms with Crippen LogP contribution in [0.5, 0.6) is 5.75 Å². The number of aromatic nitrogens is 4. The van der Waals surface area contributed by atoms with Crippen LogP contribution in [0.3, 0.4) is 0 Å². The molecule has 3 fully saturated rings. The monoisotopic (exact) mass is 999 g/mol. The molecule has 73 heavy (non-hydrogen) atoms. The van der Waals surface area contributed by atoms with Crippen molar-refractivity contribution >= 4 is 73.2 Å². The number of hydrogen-bond donors (Lipinski definition) is 3. The summed E-state index contributed by atoms with van der Waals surface area (Å²) in [6.07, 6.45) is 9.59. The fraction of sp³-hybridized carbons (Fsp3) is 0.386. The highest BCUT2D eigenvalue weighted by molar-refractivity contribution is 7.22. The molecule has 0 radical (unpaired) electrons. The second-order valence-corrected chi connectivity index (χ2v) is 21.2. The number of pyridine rings is 1. The van der Waals surface area contributed by atoms with E-state index in [1.54, 1.807) is 0 Å². The zero-order chi connectivity index (χ0) is 50.2. The number of aryl methyl sites for hydroxylation is 1. The van der Waals surface area contributed by atoms with Gasteiger partial charge in [0, 0.05) is 63.9 Å². The molecule has 1 unspecified atom stereocenters. The largest absolute Gasteiger partial charge is 0.490 e. The second kappa shape index (κ2) is 20.7. The Labute approximate surface area is 428 Å². The van der Waals surface area contributed by atoms with Crippen LogP contribution in [0.15, 0.2) is 91.0 Å². The van der Waals surface area contributed by atoms with Crippen LogP contribution < -0.4 is 25.2 Å². The summed E-state index contributed by atoms with van der Waals surface area (Å²) in [7, 11) is 2.06. The van der Waals surface area contributed by atoms with Gasteiger partial charge in [0.05, 0.1) is 33.3 Å². The summed E-state index contributed by atoms with van der Waals surface area (Å²) in [5.74, 6) is 0.905. The third kappa shape index (κ3) is 10.1. The maximum Gasteiger partial charge on any atom is 0.355 e. The fourth-order valence-electron chi connectivity index (χ4n) is 11.5. The van der Waals surface area contributed by atoms with E-state index in [1.807, 2.05) is 91.9 Å². The van der Waals surface area contributed by atoms with E-state index in [0.717, 1.165) is 119 Å². The maximum atomic E-state index is 13.7. The molecule has 376 valence electrons. The van der Waals surface area contributed by atoms with Crippen molar-refractivity contribution in [3.63, 3.8) is 0 Å². The number of amides is 3. The number of carbonyl (C=O) groups excluding carboxylic acids is 3. The highest BCUT2D eigenvalue weighted by Gasteiger charge is 2.31. The third-order valence-corrected chi connectivity index (χ3v) is 16.6. The van der Waals surface area contributed by atoms with Crippen LogP contribution in [0.4, 0.5) is 16.9 Å². The topological polar surface area (TPSA) is 175 Å². The summed E-state index contributed by atoms with van der Waals surface area (Å²) >= 11 is 1.44. The minimum Gasteiger partial charge on any atom is -0.490 e. The molecule has 1 aliphatic carbocycles. The summed E-state index contributed by atoms with van der Waals surface area (Å²) < 4.78 is 9.84. The average molecular weight is 1000 g/mol. The molecule has 11 rings (SSSR count). The molecule has 15 nitrogen and oxygen atoms in total. The van der Waals surface area contributed by atoms with Gasteiger partial charge in [-0.15, -0.1) is 0 Å². The van der Waals surface area contributed by atoms with E-state index in [-0.39, 0.29) is 35.4 Å². The zero-order valence-corrected chi connectivity index (χ0v) is 42.3. The van der Waals surface area contributed by atoms with Gasteiger partial charge >= 0.3 is 5.97 Å². The lowest BCUT2D eigenvalue weighted by Crippen LogP contribution is -2.47. The van der Waals surface area contributed by atoms with Gasteiger partial charge in [0.2, 0.25) is 17.8 Å². The van der Waals surface area contributed by atoms with Gasteiger partial charge in [-0.2, -0.15) is 0 Å². The lowest BCUT2D eigenvalue weighted by molar-refractivity contribution is -0.134. The van der Waals surface area contributed by atoms with Crippen LogP contribution in [-0.4, -0.2) is 98.6 Å². The lowest BCUT2D eigenvalue weighted by Gasteiger charge is -2.35. The van der Waals surface area contributed by atoms with Crippen LogP contribution >= 0.6 is 11.3 Å². The first kappa shape index (κ1) is 48.1. The van der Waals surface area contributed by atoms with E-state index in [2.05, 4.69) is 48.0 Å². The molecule has 3 aromatic heterocycles. The molecule has 4 aromatic carbocycles. The summed E-state index contributed by atoms with van der Waals surface area (Å²) in [5.41, 5.74) is 8.43. The number of unbranched alkanes of at least 4 members (excludes halogenated alkanes) is 1. The third-order valence-electron chi connectivity index (χ3n) is 15.6. The number of imidazole rings is 1. The molecule has 3 aliphatic heterocycles. The molecule has 0 spiro atoms. The van der Waals surface area contributed by atoms with Crippen LogP contribution in [0.2, 0.25) is 0 Å². The van der Waals surface area contributed by atoms with Gasteiger partial charge in [0.15, 0.2) is 10.8 Å². The van der Waals surface area contributed by atoms with Crippen molar-refractivity contribution in [2.24, 2.45) is 13.0 Å². The number of anilines is 3. The minimum atomic E-state index is -1.10. The molecule has 3 amide bonds. The molecular weight excluding hydrogens is 939 g/mol. The van der Waals surface area contributed by atoms with Crippen LogP contribution in [0, 0.1) is 12.8 Å². The normalized spacial score (nSPS) is 19.5. The number of nitrogens with one attached hydrogen (secondary N) is 2. The Kier molecular flexibility index (Phi) is 13.7. The Morgan fingerprint density at radius 2 is 1.63 bits per heavy atom. The van der Waals surface area contributed by atoms with Crippen LogP contribution in [0.1, 0.15) is 107 Å². The van der Waals surface area contributed by atoms with Gasteiger partial charge in [-0.3, -0.25) is 29.9 Å². The summed E-state index contributed by atoms with van der Waals surface area (Å²) in [6.45, 7) is 7.98. The predicted octanol–water partition coefficient (Wildman–Crippen LogP) is 9.52. The lowest BCUT2D eigenvalue weighted by atomic mass is 9.84. The van der Waals surface area contributed by atoms with E-state index in [4.69, 9.17) is 14.7 Å². The number of thiazole rings is 1. The number of aromatic carboxylic acids is 1. The Hall–Kier alpha value is -7.17. The molecule has 6 heterocycles. The van der Waals surface area contributed by atoms with Crippen molar-refractivity contribution in [1.82, 2.24) is 29.7 Å². The molecule has 16 heteroatoms. The second-order valence-electron chi connectivity index (χ2n) is 20.2. The summed E-state index contributed by atoms with van der Waals surface area (Å²) in [4.78, 5) is 72.1. The number of para-hydroxylation sites is 1. The van der Waals surface area contributed by atoms with Gasteiger partial charge in [-0.05, 0) is 141 Å². The summed E-state index contributed by atoms with van der Waals surface area (Å²) in [5, 5.41) is 16.6. The van der Waals surface area contributed by atoms with Crippen molar-refractivity contribution < 1.29 is 29.0 Å². The average Bonchev–Trinajstić information content (AvgIpc) is 3.97.